The third-order valence-electron chi connectivity index (χ3n) is 2.99. The van der Waals surface area contributed by atoms with Crippen molar-refractivity contribution >= 4 is 16.8 Å². The van der Waals surface area contributed by atoms with Crippen LogP contribution in [-0.4, -0.2) is 24.5 Å². The standard InChI is InChI=1S/C16H21NO3/c1-10(2)17-9-11(3)19-14-5-6-15-13(7-14)8-16(20-15)12(4)18/h5-8,10-11,17H,9H2,1-4H3/t11-/m0/s1. The zero-order valence-electron chi connectivity index (χ0n) is 12.4. The van der Waals surface area contributed by atoms with Gasteiger partial charge < -0.3 is 14.5 Å². The van der Waals surface area contributed by atoms with Gasteiger partial charge in [0.1, 0.15) is 17.4 Å². The van der Waals surface area contributed by atoms with E-state index in [0.717, 1.165) is 17.7 Å². The second kappa shape index (κ2) is 6.09. The molecule has 108 valence electrons. The second-order valence-corrected chi connectivity index (χ2v) is 5.36. The molecule has 20 heavy (non-hydrogen) atoms. The van der Waals surface area contributed by atoms with Gasteiger partial charge in [0.2, 0.25) is 0 Å². The lowest BCUT2D eigenvalue weighted by Gasteiger charge is -2.17. The lowest BCUT2D eigenvalue weighted by atomic mass is 10.2. The number of ether oxygens (including phenoxy) is 1. The third-order valence-corrected chi connectivity index (χ3v) is 2.99. The molecule has 0 saturated carbocycles. The summed E-state index contributed by atoms with van der Waals surface area (Å²) in [5.74, 6) is 1.09. The first-order chi connectivity index (χ1) is 9.45. The SMILES string of the molecule is CC(=O)c1cc2cc(O[C@@H](C)CNC(C)C)ccc2o1. The molecule has 2 aromatic rings. The Morgan fingerprint density at radius 3 is 2.70 bits per heavy atom. The molecule has 1 heterocycles. The van der Waals surface area contributed by atoms with Crippen LogP contribution in [0.1, 0.15) is 38.2 Å². The fraction of sp³-hybridized carbons (Fsp3) is 0.438. The number of benzene rings is 1. The molecule has 0 bridgehead atoms. The first-order valence-corrected chi connectivity index (χ1v) is 6.90. The summed E-state index contributed by atoms with van der Waals surface area (Å²) < 4.78 is 11.3. The Labute approximate surface area is 119 Å². The highest BCUT2D eigenvalue weighted by atomic mass is 16.5. The minimum absolute atomic E-state index is 0.0711. The molecular formula is C16H21NO3. The Balaban J connectivity index is 2.09. The van der Waals surface area contributed by atoms with Crippen LogP contribution in [0.15, 0.2) is 28.7 Å². The number of fused-ring (bicyclic) bond motifs is 1. The van der Waals surface area contributed by atoms with E-state index in [-0.39, 0.29) is 11.9 Å². The Kier molecular flexibility index (Phi) is 4.45. The summed E-state index contributed by atoms with van der Waals surface area (Å²) in [7, 11) is 0. The molecule has 0 aliphatic heterocycles. The predicted molar refractivity (Wildman–Crippen MR) is 79.4 cm³/mol. The van der Waals surface area contributed by atoms with Crippen molar-refractivity contribution < 1.29 is 13.9 Å². The third kappa shape index (κ3) is 3.61. The maximum Gasteiger partial charge on any atom is 0.194 e. The van der Waals surface area contributed by atoms with Gasteiger partial charge in [-0.15, -0.1) is 0 Å². The summed E-state index contributed by atoms with van der Waals surface area (Å²) in [4.78, 5) is 11.3. The van der Waals surface area contributed by atoms with E-state index < -0.39 is 0 Å². The van der Waals surface area contributed by atoms with E-state index in [1.54, 1.807) is 6.07 Å². The number of nitrogens with one attached hydrogen (secondary N) is 1. The summed E-state index contributed by atoms with van der Waals surface area (Å²) in [5, 5.41) is 4.22. The Bertz CT molecular complexity index is 601. The fourth-order valence-electron chi connectivity index (χ4n) is 1.94. The normalized spacial score (nSPS) is 12.8. The number of rotatable bonds is 6. The van der Waals surface area contributed by atoms with Gasteiger partial charge in [-0.05, 0) is 31.2 Å². The largest absolute Gasteiger partial charge is 0.489 e. The Hall–Kier alpha value is -1.81. The zero-order chi connectivity index (χ0) is 14.7. The number of hydrogen-bond donors (Lipinski definition) is 1. The molecule has 0 saturated heterocycles. The average molecular weight is 275 g/mol. The summed E-state index contributed by atoms with van der Waals surface area (Å²) in [5.41, 5.74) is 0.704. The molecule has 0 aliphatic rings. The summed E-state index contributed by atoms with van der Waals surface area (Å²) in [6, 6.07) is 7.79. The molecule has 4 nitrogen and oxygen atoms in total. The highest BCUT2D eigenvalue weighted by molar-refractivity contribution is 5.96. The van der Waals surface area contributed by atoms with Gasteiger partial charge in [0.05, 0.1) is 0 Å². The number of carbonyl (C=O) groups excluding carboxylic acids is 1. The topological polar surface area (TPSA) is 51.5 Å². The molecule has 2 rings (SSSR count). The van der Waals surface area contributed by atoms with E-state index in [1.165, 1.54) is 6.92 Å². The molecule has 0 fully saturated rings. The number of ketones is 1. The maximum absolute atomic E-state index is 11.3. The highest BCUT2D eigenvalue weighted by Crippen LogP contribution is 2.25. The van der Waals surface area contributed by atoms with Crippen LogP contribution in [0.3, 0.4) is 0 Å². The quantitative estimate of drug-likeness (QED) is 0.821. The zero-order valence-corrected chi connectivity index (χ0v) is 12.4. The van der Waals surface area contributed by atoms with Crippen LogP contribution in [0.4, 0.5) is 0 Å². The molecule has 1 aromatic carbocycles. The van der Waals surface area contributed by atoms with Crippen LogP contribution < -0.4 is 10.1 Å². The summed E-state index contributed by atoms with van der Waals surface area (Å²) in [6.07, 6.45) is 0.0778. The molecule has 1 N–H and O–H groups in total. The lowest BCUT2D eigenvalue weighted by Crippen LogP contribution is -2.33. The van der Waals surface area contributed by atoms with Gasteiger partial charge in [0.25, 0.3) is 0 Å². The maximum atomic E-state index is 11.3. The van der Waals surface area contributed by atoms with Crippen LogP contribution >= 0.6 is 0 Å². The van der Waals surface area contributed by atoms with Gasteiger partial charge in [-0.1, -0.05) is 13.8 Å². The van der Waals surface area contributed by atoms with Gasteiger partial charge in [-0.25, -0.2) is 0 Å². The first-order valence-electron chi connectivity index (χ1n) is 6.90. The molecule has 0 radical (unpaired) electrons. The van der Waals surface area contributed by atoms with Crippen molar-refractivity contribution in [2.45, 2.75) is 39.8 Å². The summed E-state index contributed by atoms with van der Waals surface area (Å²) >= 11 is 0. The molecule has 0 aliphatic carbocycles. The lowest BCUT2D eigenvalue weighted by molar-refractivity contribution is 0.0989. The van der Waals surface area contributed by atoms with Crippen LogP contribution in [0.2, 0.25) is 0 Å². The van der Waals surface area contributed by atoms with Gasteiger partial charge >= 0.3 is 0 Å². The van der Waals surface area contributed by atoms with Crippen LogP contribution in [0.25, 0.3) is 11.0 Å². The Morgan fingerprint density at radius 2 is 2.05 bits per heavy atom. The molecule has 4 heteroatoms. The van der Waals surface area contributed by atoms with Crippen molar-refractivity contribution in [1.29, 1.82) is 0 Å². The molecule has 0 amide bonds. The molecule has 0 spiro atoms. The van der Waals surface area contributed by atoms with Crippen molar-refractivity contribution in [2.24, 2.45) is 0 Å². The van der Waals surface area contributed by atoms with E-state index in [1.807, 2.05) is 25.1 Å². The molecule has 0 unspecified atom stereocenters. The number of hydrogen-bond acceptors (Lipinski definition) is 4. The molecule has 1 atom stereocenters. The number of carbonyl (C=O) groups is 1. The van der Waals surface area contributed by atoms with E-state index in [4.69, 9.17) is 9.15 Å². The van der Waals surface area contributed by atoms with Gasteiger partial charge in [-0.3, -0.25) is 4.79 Å². The highest BCUT2D eigenvalue weighted by Gasteiger charge is 2.10. The van der Waals surface area contributed by atoms with Crippen molar-refractivity contribution in [3.05, 3.63) is 30.0 Å². The number of furan rings is 1. The number of Topliss-reactive ketones (excluding diaryl/α,β-unsaturated/α-hetero) is 1. The monoisotopic (exact) mass is 275 g/mol. The van der Waals surface area contributed by atoms with Crippen molar-refractivity contribution in [3.63, 3.8) is 0 Å². The molecule has 1 aromatic heterocycles. The van der Waals surface area contributed by atoms with E-state index in [0.29, 0.717) is 17.4 Å². The minimum Gasteiger partial charge on any atom is -0.489 e. The summed E-state index contributed by atoms with van der Waals surface area (Å²) in [6.45, 7) is 8.52. The first kappa shape index (κ1) is 14.6. The average Bonchev–Trinajstić information content (AvgIpc) is 2.79. The van der Waals surface area contributed by atoms with Crippen molar-refractivity contribution in [1.82, 2.24) is 5.32 Å². The smallest absolute Gasteiger partial charge is 0.194 e. The Morgan fingerprint density at radius 1 is 1.30 bits per heavy atom. The minimum atomic E-state index is -0.0711. The van der Waals surface area contributed by atoms with Gasteiger partial charge in [0.15, 0.2) is 11.5 Å². The fourth-order valence-corrected chi connectivity index (χ4v) is 1.94. The predicted octanol–water partition coefficient (Wildman–Crippen LogP) is 3.40. The van der Waals surface area contributed by atoms with Crippen molar-refractivity contribution in [3.8, 4) is 5.75 Å². The molecular weight excluding hydrogens is 254 g/mol. The van der Waals surface area contributed by atoms with Crippen LogP contribution in [0, 0.1) is 0 Å². The van der Waals surface area contributed by atoms with Crippen LogP contribution in [0.5, 0.6) is 5.75 Å². The van der Waals surface area contributed by atoms with Gasteiger partial charge in [-0.2, -0.15) is 0 Å². The van der Waals surface area contributed by atoms with Crippen molar-refractivity contribution in [2.75, 3.05) is 6.54 Å². The van der Waals surface area contributed by atoms with E-state index >= 15 is 0 Å². The van der Waals surface area contributed by atoms with E-state index in [2.05, 4.69) is 19.2 Å². The second-order valence-electron chi connectivity index (χ2n) is 5.36. The van der Waals surface area contributed by atoms with Gasteiger partial charge in [0, 0.05) is 24.9 Å². The van der Waals surface area contributed by atoms with Crippen LogP contribution in [-0.2, 0) is 0 Å². The van der Waals surface area contributed by atoms with E-state index in [9.17, 15) is 4.79 Å².